The average molecular weight is 681 g/mol. The second-order valence-electron chi connectivity index (χ2n) is 19.7. The summed E-state index contributed by atoms with van der Waals surface area (Å²) in [5, 5.41) is 0. The Morgan fingerprint density at radius 1 is 0.562 bits per heavy atom. The van der Waals surface area contributed by atoms with Gasteiger partial charge < -0.3 is 18.9 Å². The number of rotatable bonds is 7. The molecular weight excluding hydrogens is 612 g/mol. The van der Waals surface area contributed by atoms with Crippen LogP contribution in [-0.2, 0) is 28.5 Å². The molecule has 0 N–H and O–H groups in total. The Morgan fingerprint density at radius 3 is 1.12 bits per heavy atom. The molecule has 2 aliphatic rings. The molecule has 48 heavy (non-hydrogen) atoms. The van der Waals surface area contributed by atoms with Gasteiger partial charge in [0.2, 0.25) is 0 Å². The van der Waals surface area contributed by atoms with E-state index in [1.165, 1.54) is 0 Å². The van der Waals surface area contributed by atoms with E-state index >= 15 is 0 Å². The molecule has 2 amide bonds. The lowest BCUT2D eigenvalue weighted by molar-refractivity contribution is -0.177. The highest BCUT2D eigenvalue weighted by Crippen LogP contribution is 2.45. The van der Waals surface area contributed by atoms with Crippen molar-refractivity contribution in [2.45, 2.75) is 209 Å². The van der Waals surface area contributed by atoms with Crippen molar-refractivity contribution in [3.8, 4) is 0 Å². The monoisotopic (exact) mass is 680 g/mol. The molecule has 2 rings (SSSR count). The minimum atomic E-state index is -0.987. The molecule has 0 aromatic rings. The minimum Gasteiger partial charge on any atom is -0.462 e. The highest BCUT2D eigenvalue weighted by Gasteiger charge is 2.53. The first-order valence-electron chi connectivity index (χ1n) is 17.7. The van der Waals surface area contributed by atoms with Gasteiger partial charge in [-0.3, -0.25) is 19.4 Å². The van der Waals surface area contributed by atoms with Crippen LogP contribution in [0.1, 0.15) is 163 Å². The lowest BCUT2D eigenvalue weighted by atomic mass is 9.72. The highest BCUT2D eigenvalue weighted by atomic mass is 16.6. The van der Waals surface area contributed by atoms with Gasteiger partial charge in [-0.1, -0.05) is 6.92 Å². The van der Waals surface area contributed by atoms with Crippen molar-refractivity contribution < 1.29 is 38.1 Å². The van der Waals surface area contributed by atoms with E-state index in [4.69, 9.17) is 18.9 Å². The third-order valence-corrected chi connectivity index (χ3v) is 9.69. The van der Waals surface area contributed by atoms with Crippen molar-refractivity contribution >= 4 is 24.1 Å². The van der Waals surface area contributed by atoms with Crippen LogP contribution in [0.2, 0.25) is 0 Å². The molecule has 2 saturated heterocycles. The van der Waals surface area contributed by atoms with Crippen molar-refractivity contribution in [1.82, 2.24) is 9.80 Å². The van der Waals surface area contributed by atoms with Gasteiger partial charge >= 0.3 is 24.1 Å². The van der Waals surface area contributed by atoms with Crippen LogP contribution < -0.4 is 0 Å². The van der Waals surface area contributed by atoms with Crippen molar-refractivity contribution in [1.29, 1.82) is 0 Å². The van der Waals surface area contributed by atoms with Gasteiger partial charge in [0.05, 0.1) is 10.8 Å². The van der Waals surface area contributed by atoms with Crippen molar-refractivity contribution in [2.24, 2.45) is 10.8 Å². The Balaban J connectivity index is 2.17. The number of esters is 2. The SMILES string of the molecule is CCC(C)(CC(C)(C)C(=O)OC1CC(C)(C)N(C(=O)OC(C)(C)C)C(C)(C)C1)C(=O)OC1CC(C)(C)N(C(=O)OC(C)(C)C)C(C)(C)C1. The van der Waals surface area contributed by atoms with Gasteiger partial charge in [-0.15, -0.1) is 0 Å². The molecule has 2 fully saturated rings. The maximum absolute atomic E-state index is 13.9. The summed E-state index contributed by atoms with van der Waals surface area (Å²) in [6, 6.07) is 0. The Kier molecular flexibility index (Phi) is 11.6. The first-order valence-corrected chi connectivity index (χ1v) is 17.7. The first kappa shape index (κ1) is 41.7. The van der Waals surface area contributed by atoms with Gasteiger partial charge in [0, 0.05) is 47.8 Å². The van der Waals surface area contributed by atoms with Gasteiger partial charge in [-0.05, 0) is 131 Å². The lowest BCUT2D eigenvalue weighted by Gasteiger charge is -2.54. The number of likely N-dealkylation sites (tertiary alicyclic amines) is 2. The summed E-state index contributed by atoms with van der Waals surface area (Å²) in [7, 11) is 0. The summed E-state index contributed by atoms with van der Waals surface area (Å²) >= 11 is 0. The summed E-state index contributed by atoms with van der Waals surface area (Å²) < 4.78 is 23.9. The molecule has 1 atom stereocenters. The standard InChI is InChI=1S/C38H68N2O8/c1-19-38(18,28(42)46-26-22-36(14,15)40(37(16,17)23-26)30(44)48-32(5,6)7)24-33(8,9)27(41)45-25-20-34(10,11)39(35(12,13)21-25)29(43)47-31(2,3)4/h25-26H,19-24H2,1-18H3. The van der Waals surface area contributed by atoms with Gasteiger partial charge in [0.25, 0.3) is 0 Å². The van der Waals surface area contributed by atoms with E-state index in [-0.39, 0.29) is 30.5 Å². The number of carbonyl (C=O) groups is 4. The number of ether oxygens (including phenoxy) is 4. The van der Waals surface area contributed by atoms with E-state index in [1.807, 2.05) is 125 Å². The van der Waals surface area contributed by atoms with E-state index in [1.54, 1.807) is 9.80 Å². The quantitative estimate of drug-likeness (QED) is 0.194. The zero-order chi connectivity index (χ0) is 37.7. The van der Waals surface area contributed by atoms with E-state index in [9.17, 15) is 19.2 Å². The van der Waals surface area contributed by atoms with Crippen LogP contribution in [0.4, 0.5) is 9.59 Å². The van der Waals surface area contributed by atoms with E-state index < -0.39 is 56.4 Å². The second kappa shape index (κ2) is 13.3. The number of carbonyl (C=O) groups excluding carboxylic acids is 4. The normalized spacial score (nSPS) is 22.7. The molecule has 10 heteroatoms. The fourth-order valence-electron chi connectivity index (χ4n) is 8.14. The Hall–Kier alpha value is -2.52. The topological polar surface area (TPSA) is 112 Å². The number of nitrogens with zero attached hydrogens (tertiary/aromatic N) is 2. The zero-order valence-electron chi connectivity index (χ0n) is 33.6. The number of hydrogen-bond acceptors (Lipinski definition) is 8. The van der Waals surface area contributed by atoms with Crippen LogP contribution in [0.15, 0.2) is 0 Å². The van der Waals surface area contributed by atoms with Crippen molar-refractivity contribution in [2.75, 3.05) is 0 Å². The lowest BCUT2D eigenvalue weighted by Crippen LogP contribution is -2.65. The number of hydrogen-bond donors (Lipinski definition) is 0. The Bertz CT molecular complexity index is 1180. The maximum Gasteiger partial charge on any atom is 0.411 e. The fraction of sp³-hybridized carbons (Fsp3) is 0.895. The van der Waals surface area contributed by atoms with E-state index in [2.05, 4.69) is 0 Å². The Labute approximate surface area is 291 Å². The van der Waals surface area contributed by atoms with Gasteiger partial charge in [-0.2, -0.15) is 0 Å². The summed E-state index contributed by atoms with van der Waals surface area (Å²) in [6.07, 6.45) is 0.935. The van der Waals surface area contributed by atoms with Crippen LogP contribution in [0.25, 0.3) is 0 Å². The van der Waals surface area contributed by atoms with Crippen molar-refractivity contribution in [3.63, 3.8) is 0 Å². The molecule has 0 aromatic carbocycles. The smallest absolute Gasteiger partial charge is 0.411 e. The van der Waals surface area contributed by atoms with Gasteiger partial charge in [0.1, 0.15) is 23.4 Å². The molecular formula is C38H68N2O8. The highest BCUT2D eigenvalue weighted by molar-refractivity contribution is 5.81. The summed E-state index contributed by atoms with van der Waals surface area (Å²) in [5.41, 5.74) is -5.69. The zero-order valence-corrected chi connectivity index (χ0v) is 33.6. The third kappa shape index (κ3) is 10.0. The summed E-state index contributed by atoms with van der Waals surface area (Å²) in [5.74, 6) is -0.744. The second-order valence-corrected chi connectivity index (χ2v) is 19.7. The molecule has 0 aliphatic carbocycles. The molecule has 10 nitrogen and oxygen atoms in total. The molecule has 0 spiro atoms. The molecule has 0 radical (unpaired) electrons. The molecule has 0 bridgehead atoms. The van der Waals surface area contributed by atoms with Crippen LogP contribution in [-0.4, -0.2) is 79.5 Å². The molecule has 2 aliphatic heterocycles. The molecule has 0 aromatic heterocycles. The van der Waals surface area contributed by atoms with Crippen LogP contribution >= 0.6 is 0 Å². The molecule has 278 valence electrons. The van der Waals surface area contributed by atoms with Crippen LogP contribution in [0.5, 0.6) is 0 Å². The fourth-order valence-corrected chi connectivity index (χ4v) is 8.14. The van der Waals surface area contributed by atoms with Crippen molar-refractivity contribution in [3.05, 3.63) is 0 Å². The van der Waals surface area contributed by atoms with Crippen LogP contribution in [0, 0.1) is 10.8 Å². The minimum absolute atomic E-state index is 0.237. The molecule has 1 unspecified atom stereocenters. The summed E-state index contributed by atoms with van der Waals surface area (Å²) in [6.45, 7) is 34.2. The largest absolute Gasteiger partial charge is 0.462 e. The average Bonchev–Trinajstić information content (AvgIpc) is 2.77. The van der Waals surface area contributed by atoms with E-state index in [0.717, 1.165) is 0 Å². The molecule has 2 heterocycles. The third-order valence-electron chi connectivity index (χ3n) is 9.69. The van der Waals surface area contributed by atoms with Gasteiger partial charge in [-0.25, -0.2) is 9.59 Å². The predicted molar refractivity (Wildman–Crippen MR) is 187 cm³/mol. The number of amides is 2. The Morgan fingerprint density at radius 2 is 0.854 bits per heavy atom. The predicted octanol–water partition coefficient (Wildman–Crippen LogP) is 8.82. The first-order chi connectivity index (χ1) is 21.2. The maximum atomic E-state index is 13.9. The summed E-state index contributed by atoms with van der Waals surface area (Å²) in [4.78, 5) is 57.7. The molecule has 0 saturated carbocycles. The van der Waals surface area contributed by atoms with Gasteiger partial charge in [0.15, 0.2) is 0 Å². The number of piperidine rings is 2. The van der Waals surface area contributed by atoms with Crippen LogP contribution in [0.3, 0.4) is 0 Å². The van der Waals surface area contributed by atoms with E-state index in [0.29, 0.717) is 32.1 Å².